The van der Waals surface area contributed by atoms with Crippen LogP contribution in [-0.2, 0) is 85.1 Å². The van der Waals surface area contributed by atoms with E-state index in [-0.39, 0.29) is 108 Å². The van der Waals surface area contributed by atoms with Gasteiger partial charge in [0.15, 0.2) is 5.96 Å². The lowest BCUT2D eigenvalue weighted by atomic mass is 9.99. The number of amides is 10. The number of aromatic amines is 1. The Hall–Kier alpha value is -10.6. The minimum atomic E-state index is -1.79. The molecular formula is C69H87ClN14O14. The fraction of sp³-hybridized carbons (Fsp3) is 0.377. The molecule has 0 spiro atoms. The lowest BCUT2D eigenvalue weighted by molar-refractivity contribution is -0.142. The topological polar surface area (TPSA) is 435 Å². The van der Waals surface area contributed by atoms with Gasteiger partial charge in [-0.25, -0.2) is 4.79 Å². The van der Waals surface area contributed by atoms with E-state index in [0.717, 1.165) is 5.56 Å². The quantitative estimate of drug-likeness (QED) is 0.0150. The molecule has 0 aliphatic carbocycles. The third-order valence-corrected chi connectivity index (χ3v) is 15.9. The van der Waals surface area contributed by atoms with Gasteiger partial charge in [-0.05, 0) is 84.0 Å². The molecule has 0 unspecified atom stereocenters. The number of guanidine groups is 1. The lowest BCUT2D eigenvalue weighted by Crippen LogP contribution is -2.61. The van der Waals surface area contributed by atoms with Gasteiger partial charge in [0.05, 0.1) is 26.4 Å². The van der Waals surface area contributed by atoms with E-state index in [1.807, 2.05) is 36.4 Å². The Balaban J connectivity index is 0.0000152. The third-order valence-electron chi connectivity index (χ3n) is 15.9. The average molecular weight is 1370 g/mol. The summed E-state index contributed by atoms with van der Waals surface area (Å²) in [5, 5.41) is 43.0. The van der Waals surface area contributed by atoms with Crippen LogP contribution >= 0.6 is 12.4 Å². The summed E-state index contributed by atoms with van der Waals surface area (Å²) in [4.78, 5) is 149. The van der Waals surface area contributed by atoms with Gasteiger partial charge >= 0.3 is 6.09 Å². The molecular weight excluding hydrogens is 1280 g/mol. The van der Waals surface area contributed by atoms with Gasteiger partial charge < -0.3 is 89.3 Å². The molecule has 1 aliphatic heterocycles. The molecule has 28 nitrogen and oxygen atoms in total. The van der Waals surface area contributed by atoms with Crippen LogP contribution in [0, 0.1) is 5.92 Å². The van der Waals surface area contributed by atoms with E-state index in [1.54, 1.807) is 98.9 Å². The van der Waals surface area contributed by atoms with Crippen molar-refractivity contribution in [3.8, 4) is 5.75 Å². The molecule has 2 heterocycles. The Labute approximate surface area is 573 Å². The number of halogens is 1. The molecule has 1 aliphatic rings. The number of hydrogen-bond acceptors (Lipinski definition) is 15. The number of aromatic hydroxyl groups is 1. The van der Waals surface area contributed by atoms with Gasteiger partial charge in [0.25, 0.3) is 0 Å². The van der Waals surface area contributed by atoms with Crippen LogP contribution in [-0.4, -0.2) is 166 Å². The zero-order valence-corrected chi connectivity index (χ0v) is 55.3. The molecule has 98 heavy (non-hydrogen) atoms. The number of phenols is 1. The number of carbonyl (C=O) groups excluding carboxylic acids is 10. The number of likely N-dealkylation sites (tertiary alicyclic amines) is 1. The number of nitrogens with one attached hydrogen (secondary N) is 9. The van der Waals surface area contributed by atoms with Crippen molar-refractivity contribution in [2.75, 3.05) is 32.8 Å². The monoisotopic (exact) mass is 1370 g/mol. The second kappa shape index (κ2) is 38.8. The summed E-state index contributed by atoms with van der Waals surface area (Å²) in [6, 6.07) is 28.0. The number of aliphatic imine (C=N–C) groups is 1. The van der Waals surface area contributed by atoms with E-state index in [2.05, 4.69) is 52.5 Å². The maximum atomic E-state index is 15.0. The summed E-state index contributed by atoms with van der Waals surface area (Å²) in [6.07, 6.45) is 1.00. The number of carbonyl (C=O) groups is 10. The molecule has 6 aromatic rings. The molecule has 17 N–H and O–H groups in total. The van der Waals surface area contributed by atoms with Gasteiger partial charge in [-0.2, -0.15) is 0 Å². The number of para-hydroxylation sites is 1. The van der Waals surface area contributed by atoms with E-state index in [9.17, 15) is 58.2 Å². The van der Waals surface area contributed by atoms with Crippen LogP contribution in [0.25, 0.3) is 10.9 Å². The van der Waals surface area contributed by atoms with Crippen LogP contribution in [0.15, 0.2) is 151 Å². The highest BCUT2D eigenvalue weighted by Gasteiger charge is 2.40. The number of nitrogens with zero attached hydrogens (tertiary/aromatic N) is 2. The van der Waals surface area contributed by atoms with Gasteiger partial charge in [-0.3, -0.25) is 48.1 Å². The van der Waals surface area contributed by atoms with Gasteiger partial charge in [0.2, 0.25) is 53.2 Å². The predicted molar refractivity (Wildman–Crippen MR) is 366 cm³/mol. The number of H-pyrrole nitrogens is 1. The van der Waals surface area contributed by atoms with E-state index in [0.29, 0.717) is 39.6 Å². The van der Waals surface area contributed by atoms with E-state index in [1.165, 1.54) is 29.2 Å². The first-order chi connectivity index (χ1) is 46.6. The summed E-state index contributed by atoms with van der Waals surface area (Å²) in [7, 11) is 0. The van der Waals surface area contributed by atoms with E-state index in [4.69, 9.17) is 26.7 Å². The molecule has 524 valence electrons. The summed E-state index contributed by atoms with van der Waals surface area (Å²) < 4.78 is 11.4. The minimum absolute atomic E-state index is 0. The van der Waals surface area contributed by atoms with Crippen LogP contribution < -0.4 is 59.7 Å². The van der Waals surface area contributed by atoms with Gasteiger partial charge in [-0.1, -0.05) is 135 Å². The molecule has 0 radical (unpaired) electrons. The smallest absolute Gasteiger partial charge is 0.408 e. The molecule has 0 bridgehead atoms. The Kier molecular flexibility index (Phi) is 30.3. The van der Waals surface area contributed by atoms with E-state index >= 15 is 0 Å². The van der Waals surface area contributed by atoms with Crippen molar-refractivity contribution in [2.45, 2.75) is 127 Å². The van der Waals surface area contributed by atoms with Crippen molar-refractivity contribution in [1.82, 2.24) is 52.4 Å². The maximum absolute atomic E-state index is 15.0. The molecule has 1 aromatic heterocycles. The number of phenolic OH excluding ortho intramolecular Hbond substituents is 1. The zero-order valence-electron chi connectivity index (χ0n) is 54.5. The minimum Gasteiger partial charge on any atom is -0.508 e. The highest BCUT2D eigenvalue weighted by molar-refractivity contribution is 5.99. The zero-order chi connectivity index (χ0) is 69.8. The maximum Gasteiger partial charge on any atom is 0.408 e. The summed E-state index contributed by atoms with van der Waals surface area (Å²) in [6.45, 7) is 1.89. The molecule has 5 aromatic carbocycles. The highest BCUT2D eigenvalue weighted by atomic mass is 35.5. The second-order valence-electron chi connectivity index (χ2n) is 23.9. The van der Waals surface area contributed by atoms with Crippen molar-refractivity contribution < 1.29 is 67.6 Å². The van der Waals surface area contributed by atoms with Crippen LogP contribution in [0.5, 0.6) is 5.75 Å². The van der Waals surface area contributed by atoms with Crippen LogP contribution in [0.2, 0.25) is 0 Å². The first-order valence-corrected chi connectivity index (χ1v) is 31.9. The molecule has 8 atom stereocenters. The standard InChI is InChI=1S/C69H86N14O14.ClH/c1-42(2)32-52(60(87)76-51(24-14-30-73-68(71)72)67(94)83-31-15-25-58(83)66(93)75-37-59(70)86)77-61(88)53(33-43-16-6-3-7-17-43)78-62(89)54(34-44-26-28-48(85)29-27-44)79-64(91)56(38-84)81-63(90)55(35-47-36-74-50-23-13-12-22-49(47)50)80-65(92)57(41-96-39-45-18-8-4-9-19-45)82-69(95)97-40-46-20-10-5-11-21-46;/h3-13,16-23,26-29,36,42,51-58,74,84-85H,14-15,24-25,30-35,37-41H2,1-2H3,(H2,70,86)(H,75,93)(H,76,87)(H,77,88)(H,78,89)(H,79,91)(H,80,92)(H,81,90)(H,82,95)(H4,71,72,73);1H/t51-,52-,53+,54-,55-,56-,57-,58-;/m0./s1. The van der Waals surface area contributed by atoms with Crippen molar-refractivity contribution in [2.24, 2.45) is 28.1 Å². The SMILES string of the molecule is CC(C)C[C@H](NC(=O)[C@@H](Cc1ccccc1)NC(=O)[C@H](Cc1ccc(O)cc1)NC(=O)[C@H](CO)NC(=O)[C@H](Cc1c[nH]c2ccccc12)NC(=O)[C@H](COCc1ccccc1)NC(=O)OCc1ccccc1)C(=O)N[C@@H](CCCN=C(N)N)C(=O)N1CCC[C@H]1C(=O)NCC(N)=O.Cl. The summed E-state index contributed by atoms with van der Waals surface area (Å²) in [5.74, 6) is -8.02. The first-order valence-electron chi connectivity index (χ1n) is 31.9. The molecule has 29 heteroatoms. The highest BCUT2D eigenvalue weighted by Crippen LogP contribution is 2.22. The number of ether oxygens (including phenoxy) is 2. The number of primary amides is 1. The second-order valence-corrected chi connectivity index (χ2v) is 23.9. The molecule has 7 rings (SSSR count). The summed E-state index contributed by atoms with van der Waals surface area (Å²) in [5.41, 5.74) is 20.1. The van der Waals surface area contributed by atoms with Crippen LogP contribution in [0.1, 0.15) is 73.8 Å². The van der Waals surface area contributed by atoms with Crippen molar-refractivity contribution in [3.63, 3.8) is 0 Å². The lowest BCUT2D eigenvalue weighted by Gasteiger charge is -2.30. The van der Waals surface area contributed by atoms with Crippen LogP contribution in [0.3, 0.4) is 0 Å². The number of hydrogen-bond donors (Lipinski definition) is 14. The van der Waals surface area contributed by atoms with Gasteiger partial charge in [0, 0.05) is 49.5 Å². The number of rotatable bonds is 36. The largest absolute Gasteiger partial charge is 0.508 e. The number of fused-ring (bicyclic) bond motifs is 1. The fourth-order valence-electron chi connectivity index (χ4n) is 10.9. The number of aliphatic hydroxyl groups is 1. The molecule has 1 fully saturated rings. The number of aromatic nitrogens is 1. The number of aliphatic hydroxyl groups excluding tert-OH is 1. The van der Waals surface area contributed by atoms with Crippen LogP contribution in [0.4, 0.5) is 4.79 Å². The molecule has 0 saturated carbocycles. The average Bonchev–Trinajstić information content (AvgIpc) is 1.66. The Bertz CT molecular complexity index is 3660. The van der Waals surface area contributed by atoms with Gasteiger partial charge in [-0.15, -0.1) is 12.4 Å². The number of alkyl carbamates (subject to hydrolysis) is 1. The molecule has 10 amide bonds. The first kappa shape index (κ1) is 76.4. The van der Waals surface area contributed by atoms with Gasteiger partial charge in [0.1, 0.15) is 60.7 Å². The number of nitrogens with two attached hydrogens (primary N) is 3. The third kappa shape index (κ3) is 24.3. The Morgan fingerprint density at radius 1 is 0.592 bits per heavy atom. The fourth-order valence-corrected chi connectivity index (χ4v) is 10.9. The van der Waals surface area contributed by atoms with E-state index < -0.39 is 121 Å². The van der Waals surface area contributed by atoms with Crippen molar-refractivity contribution in [1.29, 1.82) is 0 Å². The Morgan fingerprint density at radius 2 is 1.09 bits per heavy atom. The Morgan fingerprint density at radius 3 is 1.67 bits per heavy atom. The predicted octanol–water partition coefficient (Wildman–Crippen LogP) is 1.43. The van der Waals surface area contributed by atoms with Crippen molar-refractivity contribution >= 4 is 88.5 Å². The van der Waals surface area contributed by atoms with Crippen molar-refractivity contribution in [3.05, 3.63) is 174 Å². The summed E-state index contributed by atoms with van der Waals surface area (Å²) >= 11 is 0. The molecule has 1 saturated heterocycles. The number of benzene rings is 5. The normalized spacial score (nSPS) is 14.7.